The molecule has 0 saturated heterocycles. The van der Waals surface area contributed by atoms with Crippen LogP contribution in [0.2, 0.25) is 0 Å². The molecule has 2 rings (SSSR count). The molecule has 1 heterocycles. The molecule has 1 aromatic heterocycles. The normalized spacial score (nSPS) is 10.9. The number of benzene rings is 1. The summed E-state index contributed by atoms with van der Waals surface area (Å²) in [6, 6.07) is 7.21. The lowest BCUT2D eigenvalue weighted by atomic mass is 10.2. The standard InChI is InChI=1S/C18H23F2N5.HI/c1-4-21-18(24-12-14-10-15(19)7-8-16(14)20)23-11-13-6-5-9-22-17(13)25(2)3;/h5-10H,4,11-12H2,1-3H3,(H2,21,23,24);1H. The monoisotopic (exact) mass is 475 g/mol. The van der Waals surface area contributed by atoms with Crippen molar-refractivity contribution in [1.29, 1.82) is 0 Å². The number of nitrogens with zero attached hydrogens (tertiary/aromatic N) is 3. The first kappa shape index (κ1) is 22.1. The zero-order valence-corrected chi connectivity index (χ0v) is 17.4. The number of nitrogens with one attached hydrogen (secondary N) is 2. The van der Waals surface area contributed by atoms with E-state index in [1.165, 1.54) is 0 Å². The topological polar surface area (TPSA) is 52.6 Å². The minimum absolute atomic E-state index is 0. The van der Waals surface area contributed by atoms with Crippen LogP contribution in [0.3, 0.4) is 0 Å². The van der Waals surface area contributed by atoms with E-state index >= 15 is 0 Å². The van der Waals surface area contributed by atoms with Crippen LogP contribution >= 0.6 is 24.0 Å². The number of halogens is 3. The second-order valence-corrected chi connectivity index (χ2v) is 5.67. The number of guanidine groups is 1. The lowest BCUT2D eigenvalue weighted by Gasteiger charge is -2.17. The van der Waals surface area contributed by atoms with Crippen LogP contribution in [0, 0.1) is 11.6 Å². The molecule has 142 valence electrons. The molecule has 1 aromatic carbocycles. The smallest absolute Gasteiger partial charge is 0.191 e. The van der Waals surface area contributed by atoms with E-state index in [0.717, 1.165) is 29.6 Å². The molecule has 0 unspecified atom stereocenters. The van der Waals surface area contributed by atoms with Crippen molar-refractivity contribution in [2.75, 3.05) is 25.5 Å². The summed E-state index contributed by atoms with van der Waals surface area (Å²) in [4.78, 5) is 10.6. The van der Waals surface area contributed by atoms with Crippen LogP contribution in [0.4, 0.5) is 14.6 Å². The second kappa shape index (κ2) is 10.9. The summed E-state index contributed by atoms with van der Waals surface area (Å²) in [5.41, 5.74) is 1.22. The molecule has 26 heavy (non-hydrogen) atoms. The van der Waals surface area contributed by atoms with Crippen molar-refractivity contribution < 1.29 is 8.78 Å². The minimum Gasteiger partial charge on any atom is -0.362 e. The highest BCUT2D eigenvalue weighted by atomic mass is 127. The lowest BCUT2D eigenvalue weighted by Crippen LogP contribution is -2.37. The van der Waals surface area contributed by atoms with Gasteiger partial charge in [-0.15, -0.1) is 24.0 Å². The lowest BCUT2D eigenvalue weighted by molar-refractivity contribution is 0.585. The van der Waals surface area contributed by atoms with Crippen molar-refractivity contribution in [3.63, 3.8) is 0 Å². The van der Waals surface area contributed by atoms with Crippen molar-refractivity contribution in [1.82, 2.24) is 15.6 Å². The van der Waals surface area contributed by atoms with Gasteiger partial charge >= 0.3 is 0 Å². The predicted octanol–water partition coefficient (Wildman–Crippen LogP) is 3.30. The number of aliphatic imine (C=N–C) groups is 1. The molecular weight excluding hydrogens is 451 g/mol. The molecule has 0 radical (unpaired) electrons. The fraction of sp³-hybridized carbons (Fsp3) is 0.333. The first-order valence-corrected chi connectivity index (χ1v) is 8.08. The fourth-order valence-corrected chi connectivity index (χ4v) is 2.32. The Balaban J connectivity index is 0.00000338. The van der Waals surface area contributed by atoms with E-state index in [4.69, 9.17) is 0 Å². The van der Waals surface area contributed by atoms with E-state index in [1.807, 2.05) is 38.1 Å². The zero-order chi connectivity index (χ0) is 18.2. The van der Waals surface area contributed by atoms with Gasteiger partial charge in [0.15, 0.2) is 5.96 Å². The highest BCUT2D eigenvalue weighted by Gasteiger charge is 2.07. The van der Waals surface area contributed by atoms with E-state index in [0.29, 0.717) is 19.0 Å². The van der Waals surface area contributed by atoms with E-state index in [9.17, 15) is 8.78 Å². The van der Waals surface area contributed by atoms with Crippen molar-refractivity contribution >= 4 is 35.8 Å². The molecule has 2 N–H and O–H groups in total. The number of pyridine rings is 1. The van der Waals surface area contributed by atoms with E-state index in [2.05, 4.69) is 20.6 Å². The Kier molecular flexibility index (Phi) is 9.25. The van der Waals surface area contributed by atoms with Crippen molar-refractivity contribution in [3.05, 3.63) is 59.3 Å². The van der Waals surface area contributed by atoms with Crippen molar-refractivity contribution in [3.8, 4) is 0 Å². The Morgan fingerprint density at radius 1 is 1.15 bits per heavy atom. The van der Waals surface area contributed by atoms with Crippen molar-refractivity contribution in [2.45, 2.75) is 20.0 Å². The van der Waals surface area contributed by atoms with Gasteiger partial charge in [0, 0.05) is 44.5 Å². The van der Waals surface area contributed by atoms with Gasteiger partial charge in [-0.05, 0) is 31.2 Å². The zero-order valence-electron chi connectivity index (χ0n) is 15.1. The van der Waals surface area contributed by atoms with Gasteiger partial charge in [0.05, 0.1) is 6.54 Å². The molecule has 5 nitrogen and oxygen atoms in total. The van der Waals surface area contributed by atoms with Gasteiger partial charge in [-0.25, -0.2) is 18.8 Å². The van der Waals surface area contributed by atoms with E-state index in [-0.39, 0.29) is 36.1 Å². The fourth-order valence-electron chi connectivity index (χ4n) is 2.32. The van der Waals surface area contributed by atoms with E-state index < -0.39 is 11.6 Å². The Morgan fingerprint density at radius 3 is 2.62 bits per heavy atom. The number of anilines is 1. The van der Waals surface area contributed by atoms with Crippen LogP contribution in [0.5, 0.6) is 0 Å². The Hall–Kier alpha value is -1.97. The highest BCUT2D eigenvalue weighted by molar-refractivity contribution is 14.0. The molecule has 0 aliphatic carbocycles. The summed E-state index contributed by atoms with van der Waals surface area (Å²) in [6.07, 6.45) is 1.74. The summed E-state index contributed by atoms with van der Waals surface area (Å²) in [6.45, 7) is 3.16. The van der Waals surface area contributed by atoms with Gasteiger partial charge in [-0.3, -0.25) is 0 Å². The van der Waals surface area contributed by atoms with Crippen LogP contribution in [-0.2, 0) is 13.1 Å². The maximum Gasteiger partial charge on any atom is 0.191 e. The Bertz CT molecular complexity index is 737. The maximum atomic E-state index is 13.7. The van der Waals surface area contributed by atoms with Crippen LogP contribution in [-0.4, -0.2) is 31.6 Å². The molecule has 0 aliphatic rings. The van der Waals surface area contributed by atoms with Gasteiger partial charge < -0.3 is 15.5 Å². The summed E-state index contributed by atoms with van der Waals surface area (Å²) in [7, 11) is 3.86. The van der Waals surface area contributed by atoms with E-state index in [1.54, 1.807) is 6.20 Å². The molecular formula is C18H24F2IN5. The van der Waals surface area contributed by atoms with Crippen LogP contribution in [0.15, 0.2) is 41.5 Å². The first-order chi connectivity index (χ1) is 12.0. The molecule has 8 heteroatoms. The van der Waals surface area contributed by atoms with Gasteiger partial charge in [0.25, 0.3) is 0 Å². The summed E-state index contributed by atoms with van der Waals surface area (Å²) < 4.78 is 27.0. The molecule has 0 amide bonds. The third-order valence-corrected chi connectivity index (χ3v) is 3.50. The second-order valence-electron chi connectivity index (χ2n) is 5.67. The third-order valence-electron chi connectivity index (χ3n) is 3.50. The van der Waals surface area contributed by atoms with Gasteiger partial charge in [0.1, 0.15) is 17.5 Å². The highest BCUT2D eigenvalue weighted by Crippen LogP contribution is 2.14. The summed E-state index contributed by atoms with van der Waals surface area (Å²) >= 11 is 0. The number of rotatable bonds is 6. The van der Waals surface area contributed by atoms with Crippen LogP contribution in [0.1, 0.15) is 18.1 Å². The molecule has 0 spiro atoms. The number of aromatic nitrogens is 1. The minimum atomic E-state index is -0.476. The predicted molar refractivity (Wildman–Crippen MR) is 112 cm³/mol. The van der Waals surface area contributed by atoms with Gasteiger partial charge in [-0.1, -0.05) is 6.07 Å². The summed E-state index contributed by atoms with van der Waals surface area (Å²) in [5.74, 6) is 0.445. The Labute approximate surface area is 169 Å². The molecule has 0 fully saturated rings. The average Bonchev–Trinajstić information content (AvgIpc) is 2.60. The molecule has 0 atom stereocenters. The Morgan fingerprint density at radius 2 is 1.92 bits per heavy atom. The molecule has 0 bridgehead atoms. The number of hydrogen-bond acceptors (Lipinski definition) is 3. The quantitative estimate of drug-likeness (QED) is 0.383. The maximum absolute atomic E-state index is 13.7. The average molecular weight is 475 g/mol. The number of hydrogen-bond donors (Lipinski definition) is 2. The van der Waals surface area contributed by atoms with Gasteiger partial charge in [0.2, 0.25) is 0 Å². The first-order valence-electron chi connectivity index (χ1n) is 8.08. The van der Waals surface area contributed by atoms with Crippen LogP contribution < -0.4 is 15.5 Å². The SMILES string of the molecule is CCNC(=NCc1cc(F)ccc1F)NCc1cccnc1N(C)C.I. The van der Waals surface area contributed by atoms with Gasteiger partial charge in [-0.2, -0.15) is 0 Å². The largest absolute Gasteiger partial charge is 0.362 e. The van der Waals surface area contributed by atoms with Crippen LogP contribution in [0.25, 0.3) is 0 Å². The molecule has 0 aliphatic heterocycles. The molecule has 2 aromatic rings. The summed E-state index contributed by atoms with van der Waals surface area (Å²) in [5, 5.41) is 6.29. The van der Waals surface area contributed by atoms with Crippen molar-refractivity contribution in [2.24, 2.45) is 4.99 Å². The third kappa shape index (κ3) is 6.40. The molecule has 0 saturated carbocycles.